The van der Waals surface area contributed by atoms with Crippen molar-refractivity contribution in [1.82, 2.24) is 9.97 Å². The minimum Gasteiger partial charge on any atom is -0.377 e. The van der Waals surface area contributed by atoms with Gasteiger partial charge in [0, 0.05) is 25.3 Å². The van der Waals surface area contributed by atoms with Crippen LogP contribution in [0.2, 0.25) is 0 Å². The van der Waals surface area contributed by atoms with Gasteiger partial charge in [-0.3, -0.25) is 0 Å². The first-order valence-corrected chi connectivity index (χ1v) is 6.83. The van der Waals surface area contributed by atoms with Crippen molar-refractivity contribution in [2.75, 3.05) is 19.0 Å². The van der Waals surface area contributed by atoms with Gasteiger partial charge in [-0.2, -0.15) is 0 Å². The van der Waals surface area contributed by atoms with E-state index in [0.29, 0.717) is 12.4 Å². The molecule has 0 saturated heterocycles. The summed E-state index contributed by atoms with van der Waals surface area (Å²) in [4.78, 5) is 9.04. The van der Waals surface area contributed by atoms with Gasteiger partial charge in [-0.05, 0) is 31.9 Å². The number of rotatable bonds is 5. The number of nitrogens with one attached hydrogen (secondary N) is 1. The summed E-state index contributed by atoms with van der Waals surface area (Å²) in [5, 5.41) is 3.24. The van der Waals surface area contributed by atoms with Crippen molar-refractivity contribution in [1.29, 1.82) is 0 Å². The average Bonchev–Trinajstić information content (AvgIpc) is 2.42. The molecule has 4 nitrogen and oxygen atoms in total. The SMILES string of the molecule is CCNc1cc(-c2cccc(C)c2C)nc(COC)n1. The van der Waals surface area contributed by atoms with E-state index in [2.05, 4.69) is 54.3 Å². The molecule has 106 valence electrons. The second-order valence-corrected chi connectivity index (χ2v) is 4.77. The number of ether oxygens (including phenoxy) is 1. The second-order valence-electron chi connectivity index (χ2n) is 4.77. The Morgan fingerprint density at radius 1 is 1.20 bits per heavy atom. The lowest BCUT2D eigenvalue weighted by Gasteiger charge is -2.11. The Labute approximate surface area is 120 Å². The van der Waals surface area contributed by atoms with Crippen molar-refractivity contribution >= 4 is 5.82 Å². The average molecular weight is 271 g/mol. The Morgan fingerprint density at radius 2 is 2.00 bits per heavy atom. The molecule has 0 bridgehead atoms. The van der Waals surface area contributed by atoms with Crippen molar-refractivity contribution in [3.8, 4) is 11.3 Å². The molecule has 0 amide bonds. The molecule has 2 aromatic rings. The molecule has 4 heteroatoms. The van der Waals surface area contributed by atoms with E-state index in [9.17, 15) is 0 Å². The van der Waals surface area contributed by atoms with E-state index in [4.69, 9.17) is 4.74 Å². The van der Waals surface area contributed by atoms with Gasteiger partial charge in [0.25, 0.3) is 0 Å². The van der Waals surface area contributed by atoms with Crippen LogP contribution in [0.1, 0.15) is 23.9 Å². The first-order chi connectivity index (χ1) is 9.65. The highest BCUT2D eigenvalue weighted by Gasteiger charge is 2.09. The molecule has 0 radical (unpaired) electrons. The van der Waals surface area contributed by atoms with Gasteiger partial charge in [0.15, 0.2) is 5.82 Å². The standard InChI is InChI=1S/C16H21N3O/c1-5-17-15-9-14(18-16(19-15)10-20-4)13-8-6-7-11(2)12(13)3/h6-9H,5,10H2,1-4H3,(H,17,18,19). The van der Waals surface area contributed by atoms with E-state index in [1.54, 1.807) is 7.11 Å². The van der Waals surface area contributed by atoms with Crippen molar-refractivity contribution in [2.24, 2.45) is 0 Å². The van der Waals surface area contributed by atoms with Gasteiger partial charge in [0.05, 0.1) is 5.69 Å². The third kappa shape index (κ3) is 3.14. The number of benzene rings is 1. The third-order valence-corrected chi connectivity index (χ3v) is 3.28. The zero-order valence-electron chi connectivity index (χ0n) is 12.5. The smallest absolute Gasteiger partial charge is 0.157 e. The molecule has 1 heterocycles. The Morgan fingerprint density at radius 3 is 2.70 bits per heavy atom. The highest BCUT2D eigenvalue weighted by atomic mass is 16.5. The van der Waals surface area contributed by atoms with Crippen LogP contribution in [0.3, 0.4) is 0 Å². The minimum absolute atomic E-state index is 0.414. The van der Waals surface area contributed by atoms with Crippen molar-refractivity contribution in [2.45, 2.75) is 27.4 Å². The molecule has 1 N–H and O–H groups in total. The molecule has 20 heavy (non-hydrogen) atoms. The molecule has 1 aromatic heterocycles. The molecule has 0 aliphatic carbocycles. The molecular weight excluding hydrogens is 250 g/mol. The van der Waals surface area contributed by atoms with E-state index in [0.717, 1.165) is 23.6 Å². The normalized spacial score (nSPS) is 10.6. The van der Waals surface area contributed by atoms with Gasteiger partial charge in [-0.15, -0.1) is 0 Å². The Bertz CT molecular complexity index is 572. The van der Waals surface area contributed by atoms with Gasteiger partial charge in [0.1, 0.15) is 12.4 Å². The van der Waals surface area contributed by atoms with E-state index in [1.165, 1.54) is 11.1 Å². The molecule has 2 rings (SSSR count). The molecule has 0 saturated carbocycles. The monoisotopic (exact) mass is 271 g/mol. The zero-order chi connectivity index (χ0) is 14.5. The maximum atomic E-state index is 5.15. The fourth-order valence-corrected chi connectivity index (χ4v) is 2.13. The number of hydrogen-bond acceptors (Lipinski definition) is 4. The largest absolute Gasteiger partial charge is 0.377 e. The van der Waals surface area contributed by atoms with Crippen molar-refractivity contribution in [3.05, 3.63) is 41.2 Å². The lowest BCUT2D eigenvalue weighted by atomic mass is 10.0. The molecule has 0 aliphatic heterocycles. The van der Waals surface area contributed by atoms with Crippen LogP contribution in [0.25, 0.3) is 11.3 Å². The van der Waals surface area contributed by atoms with E-state index in [1.807, 2.05) is 6.07 Å². The zero-order valence-corrected chi connectivity index (χ0v) is 12.5. The fourth-order valence-electron chi connectivity index (χ4n) is 2.13. The number of nitrogens with zero attached hydrogens (tertiary/aromatic N) is 2. The summed E-state index contributed by atoms with van der Waals surface area (Å²) in [7, 11) is 1.65. The Balaban J connectivity index is 2.51. The summed E-state index contributed by atoms with van der Waals surface area (Å²) in [6.07, 6.45) is 0. The maximum absolute atomic E-state index is 5.15. The third-order valence-electron chi connectivity index (χ3n) is 3.28. The lowest BCUT2D eigenvalue weighted by Crippen LogP contribution is -2.06. The molecule has 0 unspecified atom stereocenters. The van der Waals surface area contributed by atoms with Crippen LogP contribution in [0.5, 0.6) is 0 Å². The van der Waals surface area contributed by atoms with Crippen LogP contribution >= 0.6 is 0 Å². The predicted molar refractivity (Wildman–Crippen MR) is 81.8 cm³/mol. The van der Waals surface area contributed by atoms with Crippen LogP contribution in [0, 0.1) is 13.8 Å². The number of anilines is 1. The lowest BCUT2D eigenvalue weighted by molar-refractivity contribution is 0.178. The highest BCUT2D eigenvalue weighted by molar-refractivity contribution is 5.67. The van der Waals surface area contributed by atoms with Crippen LogP contribution in [0.4, 0.5) is 5.82 Å². The molecule has 0 aliphatic rings. The van der Waals surface area contributed by atoms with E-state index in [-0.39, 0.29) is 0 Å². The van der Waals surface area contributed by atoms with Crippen LogP contribution in [-0.4, -0.2) is 23.6 Å². The van der Waals surface area contributed by atoms with Gasteiger partial charge >= 0.3 is 0 Å². The molecule has 0 atom stereocenters. The predicted octanol–water partition coefficient (Wildman–Crippen LogP) is 3.34. The van der Waals surface area contributed by atoms with Crippen molar-refractivity contribution in [3.63, 3.8) is 0 Å². The molecule has 0 fully saturated rings. The quantitative estimate of drug-likeness (QED) is 0.906. The molecule has 1 aromatic carbocycles. The summed E-state index contributed by atoms with van der Waals surface area (Å²) in [5.74, 6) is 1.53. The number of hydrogen-bond donors (Lipinski definition) is 1. The molecule has 0 spiro atoms. The van der Waals surface area contributed by atoms with E-state index >= 15 is 0 Å². The van der Waals surface area contributed by atoms with Gasteiger partial charge in [-0.25, -0.2) is 9.97 Å². The summed E-state index contributed by atoms with van der Waals surface area (Å²) in [6.45, 7) is 7.53. The topological polar surface area (TPSA) is 47.0 Å². The van der Waals surface area contributed by atoms with Crippen LogP contribution in [0.15, 0.2) is 24.3 Å². The maximum Gasteiger partial charge on any atom is 0.157 e. The number of aromatic nitrogens is 2. The second kappa shape index (κ2) is 6.48. The summed E-state index contributed by atoms with van der Waals surface area (Å²) >= 11 is 0. The number of methoxy groups -OCH3 is 1. The van der Waals surface area contributed by atoms with Crippen molar-refractivity contribution < 1.29 is 4.74 Å². The van der Waals surface area contributed by atoms with Crippen LogP contribution in [-0.2, 0) is 11.3 Å². The van der Waals surface area contributed by atoms with Crippen LogP contribution < -0.4 is 5.32 Å². The van der Waals surface area contributed by atoms with E-state index < -0.39 is 0 Å². The molecular formula is C16H21N3O. The van der Waals surface area contributed by atoms with Gasteiger partial charge in [-0.1, -0.05) is 18.2 Å². The minimum atomic E-state index is 0.414. The van der Waals surface area contributed by atoms with Gasteiger partial charge in [0.2, 0.25) is 0 Å². The summed E-state index contributed by atoms with van der Waals surface area (Å²) in [5.41, 5.74) is 4.59. The number of aryl methyl sites for hydroxylation is 1. The summed E-state index contributed by atoms with van der Waals surface area (Å²) in [6, 6.07) is 8.26. The first kappa shape index (κ1) is 14.5. The highest BCUT2D eigenvalue weighted by Crippen LogP contribution is 2.25. The Kier molecular flexibility index (Phi) is 4.69. The fraction of sp³-hybridized carbons (Fsp3) is 0.375. The van der Waals surface area contributed by atoms with Gasteiger partial charge < -0.3 is 10.1 Å². The first-order valence-electron chi connectivity index (χ1n) is 6.83. The summed E-state index contributed by atoms with van der Waals surface area (Å²) < 4.78 is 5.15. The Hall–Kier alpha value is -1.94.